The van der Waals surface area contributed by atoms with Gasteiger partial charge < -0.3 is 9.64 Å². The summed E-state index contributed by atoms with van der Waals surface area (Å²) in [6.07, 6.45) is 6.44. The van der Waals surface area contributed by atoms with Gasteiger partial charge >= 0.3 is 0 Å². The van der Waals surface area contributed by atoms with Crippen molar-refractivity contribution in [3.05, 3.63) is 64.7 Å². The van der Waals surface area contributed by atoms with Crippen molar-refractivity contribution in [3.8, 4) is 5.75 Å². The fraction of sp³-hybridized carbons (Fsp3) is 0.649. The zero-order valence-corrected chi connectivity index (χ0v) is 28.6. The van der Waals surface area contributed by atoms with Crippen LogP contribution in [0.15, 0.2) is 48.5 Å². The average Bonchev–Trinajstić information content (AvgIpc) is 3.48. The minimum atomic E-state index is -0.000189. The predicted molar refractivity (Wildman–Crippen MR) is 181 cm³/mol. The van der Waals surface area contributed by atoms with E-state index < -0.39 is 0 Å². The molecule has 242 valence electrons. The quantitative estimate of drug-likeness (QED) is 0.276. The minimum absolute atomic E-state index is 0.000189. The van der Waals surface area contributed by atoms with Crippen LogP contribution in [0.2, 0.25) is 5.02 Å². The van der Waals surface area contributed by atoms with Crippen molar-refractivity contribution in [1.29, 1.82) is 0 Å². The second-order valence-corrected chi connectivity index (χ2v) is 14.8. The van der Waals surface area contributed by atoms with Gasteiger partial charge in [-0.1, -0.05) is 69.0 Å². The van der Waals surface area contributed by atoms with Gasteiger partial charge in [0.1, 0.15) is 5.75 Å². The summed E-state index contributed by atoms with van der Waals surface area (Å²) in [6.45, 7) is 17.7. The van der Waals surface area contributed by atoms with Gasteiger partial charge in [-0.15, -0.1) is 0 Å². The van der Waals surface area contributed by atoms with E-state index in [0.29, 0.717) is 17.9 Å². The van der Waals surface area contributed by atoms with E-state index in [1.54, 1.807) is 7.11 Å². The maximum Gasteiger partial charge on any atom is 0.227 e. The number of hydrogen-bond donors (Lipinski definition) is 0. The summed E-state index contributed by atoms with van der Waals surface area (Å²) in [6, 6.07) is 17.2. The van der Waals surface area contributed by atoms with Gasteiger partial charge in [0.25, 0.3) is 0 Å². The molecule has 0 radical (unpaired) electrons. The maximum atomic E-state index is 14.2. The van der Waals surface area contributed by atoms with Crippen molar-refractivity contribution in [2.75, 3.05) is 59.5 Å². The summed E-state index contributed by atoms with van der Waals surface area (Å²) in [4.78, 5) is 24.3. The molecule has 1 amide bonds. The summed E-state index contributed by atoms with van der Waals surface area (Å²) in [5.74, 6) is 2.07. The Morgan fingerprint density at radius 3 is 2.18 bits per heavy atom. The Bertz CT molecular complexity index is 1190. The molecule has 1 aliphatic carbocycles. The predicted octanol–water partition coefficient (Wildman–Crippen LogP) is 6.78. The fourth-order valence-electron chi connectivity index (χ4n) is 8.08. The molecule has 0 unspecified atom stereocenters. The molecule has 2 aromatic carbocycles. The van der Waals surface area contributed by atoms with Gasteiger partial charge in [-0.25, -0.2) is 0 Å². The van der Waals surface area contributed by atoms with Crippen LogP contribution in [0, 0.1) is 11.8 Å². The molecule has 0 bridgehead atoms. The molecular weight excluding hydrogens is 568 g/mol. The molecule has 0 spiro atoms. The molecule has 2 saturated heterocycles. The number of benzene rings is 2. The highest BCUT2D eigenvalue weighted by molar-refractivity contribution is 6.30. The number of hydrogen-bond acceptors (Lipinski definition) is 5. The number of rotatable bonds is 11. The maximum absolute atomic E-state index is 14.2. The van der Waals surface area contributed by atoms with Crippen molar-refractivity contribution in [3.63, 3.8) is 0 Å². The number of ether oxygens (including phenoxy) is 1. The molecular formula is C37H55ClN4O2. The van der Waals surface area contributed by atoms with Crippen molar-refractivity contribution < 1.29 is 9.53 Å². The van der Waals surface area contributed by atoms with Gasteiger partial charge in [0.05, 0.1) is 13.0 Å². The van der Waals surface area contributed by atoms with E-state index in [2.05, 4.69) is 83.7 Å². The number of methoxy groups -OCH3 is 1. The minimum Gasteiger partial charge on any atom is -0.497 e. The molecule has 2 atom stereocenters. The number of nitrogens with zero attached hydrogens (tertiary/aromatic N) is 4. The first-order valence-corrected chi connectivity index (χ1v) is 17.4. The van der Waals surface area contributed by atoms with Crippen LogP contribution in [0.25, 0.3) is 0 Å². The zero-order valence-electron chi connectivity index (χ0n) is 27.8. The fourth-order valence-corrected chi connectivity index (χ4v) is 8.21. The Hall–Kier alpha value is -2.12. The third kappa shape index (κ3) is 7.99. The molecule has 5 rings (SSSR count). The summed E-state index contributed by atoms with van der Waals surface area (Å²) in [5.41, 5.74) is 2.76. The Balaban J connectivity index is 1.27. The van der Waals surface area contributed by atoms with Crippen LogP contribution < -0.4 is 4.74 Å². The number of amides is 1. The monoisotopic (exact) mass is 622 g/mol. The lowest BCUT2D eigenvalue weighted by Gasteiger charge is -2.52. The van der Waals surface area contributed by atoms with Gasteiger partial charge in [0, 0.05) is 81.4 Å². The number of halogens is 1. The van der Waals surface area contributed by atoms with E-state index in [9.17, 15) is 4.79 Å². The van der Waals surface area contributed by atoms with Crippen LogP contribution in [0.4, 0.5) is 0 Å². The van der Waals surface area contributed by atoms with E-state index in [1.807, 2.05) is 12.1 Å². The van der Waals surface area contributed by atoms with Crippen LogP contribution in [-0.2, 0) is 11.3 Å². The molecule has 44 heavy (non-hydrogen) atoms. The van der Waals surface area contributed by atoms with Crippen molar-refractivity contribution in [2.24, 2.45) is 11.8 Å². The first-order chi connectivity index (χ1) is 21.2. The van der Waals surface area contributed by atoms with Gasteiger partial charge in [-0.3, -0.25) is 19.5 Å². The van der Waals surface area contributed by atoms with E-state index in [1.165, 1.54) is 43.2 Å². The highest BCUT2D eigenvalue weighted by Crippen LogP contribution is 2.38. The normalized spacial score (nSPS) is 23.2. The van der Waals surface area contributed by atoms with Crippen molar-refractivity contribution in [2.45, 2.75) is 83.8 Å². The number of likely N-dealkylation sites (tertiary alicyclic amines) is 1. The van der Waals surface area contributed by atoms with Crippen LogP contribution in [-0.4, -0.2) is 96.6 Å². The third-order valence-electron chi connectivity index (χ3n) is 10.4. The van der Waals surface area contributed by atoms with Gasteiger partial charge in [0.15, 0.2) is 0 Å². The number of piperazine rings is 1. The topological polar surface area (TPSA) is 39.3 Å². The van der Waals surface area contributed by atoms with Crippen LogP contribution in [0.1, 0.15) is 76.8 Å². The van der Waals surface area contributed by atoms with E-state index in [4.69, 9.17) is 16.3 Å². The SMILES string of the molecule is COc1ccc(CN(CC(C)C)CC2(N3CCN(C(=O)[C@H]4CN(C(C)C)C[C@@H]4c4ccc(Cl)cc4)CC3)CCCCC2)cc1. The van der Waals surface area contributed by atoms with Crippen LogP contribution in [0.5, 0.6) is 5.75 Å². The second kappa shape index (κ2) is 15.0. The van der Waals surface area contributed by atoms with Gasteiger partial charge in [0.2, 0.25) is 5.91 Å². The first-order valence-electron chi connectivity index (χ1n) is 17.1. The standard InChI is InChI=1S/C37H55ClN4O2/c1-28(2)23-39(24-30-9-15-33(44-5)16-10-30)27-37(17-7-6-8-18-37)42-21-19-40(20-22-42)36(43)35-26-41(29(3)4)25-34(35)31-11-13-32(38)14-12-31/h9-16,28-29,34-35H,6-8,17-27H2,1-5H3/t34-,35+/m1/s1. The van der Waals surface area contributed by atoms with Crippen LogP contribution >= 0.6 is 11.6 Å². The average molecular weight is 623 g/mol. The molecule has 2 aromatic rings. The molecule has 6 nitrogen and oxygen atoms in total. The lowest BCUT2D eigenvalue weighted by molar-refractivity contribution is -0.139. The van der Waals surface area contributed by atoms with Crippen molar-refractivity contribution in [1.82, 2.24) is 19.6 Å². The molecule has 2 aliphatic heterocycles. The Labute approximate surface area is 271 Å². The molecule has 3 fully saturated rings. The highest BCUT2D eigenvalue weighted by atomic mass is 35.5. The molecule has 7 heteroatoms. The Morgan fingerprint density at radius 1 is 0.932 bits per heavy atom. The summed E-state index contributed by atoms with van der Waals surface area (Å²) < 4.78 is 5.41. The first kappa shape index (κ1) is 33.2. The Morgan fingerprint density at radius 2 is 1.59 bits per heavy atom. The van der Waals surface area contributed by atoms with Crippen molar-refractivity contribution >= 4 is 17.5 Å². The summed E-state index contributed by atoms with van der Waals surface area (Å²) >= 11 is 6.22. The van der Waals surface area contributed by atoms with Gasteiger partial charge in [-0.05, 0) is 68.0 Å². The summed E-state index contributed by atoms with van der Waals surface area (Å²) in [5, 5.41) is 0.749. The number of carbonyl (C=O) groups excluding carboxylic acids is 1. The molecule has 0 aromatic heterocycles. The molecule has 2 heterocycles. The van der Waals surface area contributed by atoms with E-state index in [0.717, 1.165) is 69.7 Å². The largest absolute Gasteiger partial charge is 0.497 e. The lowest BCUT2D eigenvalue weighted by Crippen LogP contribution is -2.63. The third-order valence-corrected chi connectivity index (χ3v) is 10.7. The zero-order chi connectivity index (χ0) is 31.3. The van der Waals surface area contributed by atoms with Gasteiger partial charge in [-0.2, -0.15) is 0 Å². The Kier molecular flexibility index (Phi) is 11.3. The van der Waals surface area contributed by atoms with E-state index in [-0.39, 0.29) is 17.4 Å². The summed E-state index contributed by atoms with van der Waals surface area (Å²) in [7, 11) is 1.73. The second-order valence-electron chi connectivity index (χ2n) is 14.3. The number of carbonyl (C=O) groups is 1. The highest BCUT2D eigenvalue weighted by Gasteiger charge is 2.44. The van der Waals surface area contributed by atoms with E-state index >= 15 is 0 Å². The lowest BCUT2D eigenvalue weighted by atomic mass is 9.79. The molecule has 0 N–H and O–H groups in total. The molecule has 1 saturated carbocycles. The molecule has 3 aliphatic rings. The smallest absolute Gasteiger partial charge is 0.227 e. The van der Waals surface area contributed by atoms with Crippen LogP contribution in [0.3, 0.4) is 0 Å².